The summed E-state index contributed by atoms with van der Waals surface area (Å²) in [5.41, 5.74) is 0. The summed E-state index contributed by atoms with van der Waals surface area (Å²) in [5.74, 6) is -0.792. The van der Waals surface area contributed by atoms with E-state index in [1.165, 1.54) is 0 Å². The number of hydrogen-bond donors (Lipinski definition) is 0. The molecule has 0 aromatic carbocycles. The molecule has 0 aliphatic heterocycles. The van der Waals surface area contributed by atoms with Crippen molar-refractivity contribution in [2.24, 2.45) is 0 Å². The second-order valence-electron chi connectivity index (χ2n) is 4.37. The summed E-state index contributed by atoms with van der Waals surface area (Å²) in [6.45, 7) is 11.5. The van der Waals surface area contributed by atoms with E-state index in [-0.39, 0.29) is 0 Å². The average molecular weight is 274 g/mol. The normalized spacial score (nSPS) is 12.4. The highest BCUT2D eigenvalue weighted by atomic mass is 28.2. The Kier molecular flexibility index (Phi) is 11.8. The third kappa shape index (κ3) is 8.03. The Hall–Kier alpha value is -0.163. The molecule has 0 radical (unpaired) electrons. The van der Waals surface area contributed by atoms with Crippen molar-refractivity contribution in [1.29, 1.82) is 0 Å². The first-order valence-electron chi connectivity index (χ1n) is 7.27. The highest BCUT2D eigenvalue weighted by Crippen LogP contribution is 2.21. The van der Waals surface area contributed by atoms with Gasteiger partial charge in [0.25, 0.3) is 5.97 Å². The van der Waals surface area contributed by atoms with Gasteiger partial charge in [-0.3, -0.25) is 0 Å². The molecule has 0 bridgehead atoms. The number of allylic oxidation sites excluding steroid dienone is 1. The van der Waals surface area contributed by atoms with Crippen molar-refractivity contribution in [3.8, 4) is 0 Å². The van der Waals surface area contributed by atoms with Crippen molar-refractivity contribution in [3.63, 3.8) is 0 Å². The molecule has 0 aliphatic carbocycles. The lowest BCUT2D eigenvalue weighted by Crippen LogP contribution is -2.40. The summed E-state index contributed by atoms with van der Waals surface area (Å²) >= 11 is 0. The lowest BCUT2D eigenvalue weighted by atomic mass is 10.3. The van der Waals surface area contributed by atoms with E-state index >= 15 is 0 Å². The Balaban J connectivity index is 4.24. The molecule has 0 saturated carbocycles. The van der Waals surface area contributed by atoms with Crippen LogP contribution in [-0.4, -0.2) is 29.0 Å². The standard InChI is InChI=1S/C14H30O3Si/c1-5-9-11-15-14(8-4,16-12-10-6-2)17-18-13-7-3/h7H,3,5-6,8-13,18H2,1-2,4H3. The topological polar surface area (TPSA) is 27.7 Å². The van der Waals surface area contributed by atoms with E-state index in [1.807, 2.05) is 6.08 Å². The molecule has 108 valence electrons. The van der Waals surface area contributed by atoms with Crippen molar-refractivity contribution in [2.45, 2.75) is 64.9 Å². The Bertz CT molecular complexity index is 187. The number of hydrogen-bond acceptors (Lipinski definition) is 3. The predicted octanol–water partition coefficient (Wildman–Crippen LogP) is 3.39. The molecule has 0 amide bonds. The molecule has 0 N–H and O–H groups in total. The van der Waals surface area contributed by atoms with Gasteiger partial charge in [0.2, 0.25) is 0 Å². The van der Waals surface area contributed by atoms with Gasteiger partial charge >= 0.3 is 0 Å². The van der Waals surface area contributed by atoms with E-state index in [0.29, 0.717) is 13.2 Å². The Morgan fingerprint density at radius 2 is 1.61 bits per heavy atom. The highest BCUT2D eigenvalue weighted by Gasteiger charge is 2.30. The Morgan fingerprint density at radius 1 is 1.06 bits per heavy atom. The molecule has 0 unspecified atom stereocenters. The van der Waals surface area contributed by atoms with Gasteiger partial charge < -0.3 is 13.9 Å². The fourth-order valence-electron chi connectivity index (χ4n) is 1.47. The molecule has 0 spiro atoms. The summed E-state index contributed by atoms with van der Waals surface area (Å²) in [6.07, 6.45) is 6.99. The van der Waals surface area contributed by atoms with Gasteiger partial charge in [0, 0.05) is 6.42 Å². The summed E-state index contributed by atoms with van der Waals surface area (Å²) in [7, 11) is -0.640. The first-order valence-corrected chi connectivity index (χ1v) is 8.85. The van der Waals surface area contributed by atoms with Gasteiger partial charge in [-0.05, 0) is 18.9 Å². The Labute approximate surface area is 115 Å². The van der Waals surface area contributed by atoms with E-state index in [1.54, 1.807) is 0 Å². The van der Waals surface area contributed by atoms with Gasteiger partial charge in [-0.1, -0.05) is 39.7 Å². The molecule has 4 heteroatoms. The first kappa shape index (κ1) is 17.8. The first-order chi connectivity index (χ1) is 8.74. The average Bonchev–Trinajstić information content (AvgIpc) is 2.39. The molecule has 18 heavy (non-hydrogen) atoms. The van der Waals surface area contributed by atoms with E-state index < -0.39 is 15.7 Å². The third-order valence-corrected chi connectivity index (χ3v) is 4.00. The van der Waals surface area contributed by atoms with Crippen molar-refractivity contribution in [2.75, 3.05) is 13.2 Å². The lowest BCUT2D eigenvalue weighted by Gasteiger charge is -2.33. The monoisotopic (exact) mass is 274 g/mol. The van der Waals surface area contributed by atoms with Crippen LogP contribution in [0.3, 0.4) is 0 Å². The molecule has 0 heterocycles. The second-order valence-corrected chi connectivity index (χ2v) is 5.64. The van der Waals surface area contributed by atoms with Gasteiger partial charge in [0.1, 0.15) is 0 Å². The summed E-state index contributed by atoms with van der Waals surface area (Å²) in [6, 6.07) is 0.954. The van der Waals surface area contributed by atoms with Crippen LogP contribution in [0.2, 0.25) is 6.04 Å². The molecule has 0 fully saturated rings. The SMILES string of the molecule is C=CC[SiH2]OC(CC)(OCCCC)OCCCC. The summed E-state index contributed by atoms with van der Waals surface area (Å²) in [5, 5.41) is 0. The second kappa shape index (κ2) is 11.9. The van der Waals surface area contributed by atoms with Gasteiger partial charge in [0.05, 0.1) is 13.2 Å². The molecule has 0 rings (SSSR count). The maximum Gasteiger partial charge on any atom is 0.272 e. The molecule has 0 aromatic rings. The molecular formula is C14H30O3Si. The minimum atomic E-state index is -0.792. The molecule has 0 atom stereocenters. The number of ether oxygens (including phenoxy) is 2. The van der Waals surface area contributed by atoms with Crippen LogP contribution >= 0.6 is 0 Å². The van der Waals surface area contributed by atoms with Crippen molar-refractivity contribution in [3.05, 3.63) is 12.7 Å². The molecular weight excluding hydrogens is 244 g/mol. The predicted molar refractivity (Wildman–Crippen MR) is 79.4 cm³/mol. The van der Waals surface area contributed by atoms with Crippen LogP contribution in [0.4, 0.5) is 0 Å². The number of rotatable bonds is 13. The molecule has 0 saturated heterocycles. The van der Waals surface area contributed by atoms with Gasteiger partial charge in [-0.15, -0.1) is 6.58 Å². The summed E-state index contributed by atoms with van der Waals surface area (Å²) in [4.78, 5) is 0. The van der Waals surface area contributed by atoms with Gasteiger partial charge in [-0.2, -0.15) is 0 Å². The van der Waals surface area contributed by atoms with E-state index in [9.17, 15) is 0 Å². The summed E-state index contributed by atoms with van der Waals surface area (Å²) < 4.78 is 17.7. The minimum absolute atomic E-state index is 0.640. The molecule has 3 nitrogen and oxygen atoms in total. The highest BCUT2D eigenvalue weighted by molar-refractivity contribution is 6.27. The van der Waals surface area contributed by atoms with Crippen LogP contribution in [0, 0.1) is 0 Å². The van der Waals surface area contributed by atoms with Crippen molar-refractivity contribution >= 4 is 9.76 Å². The maximum atomic E-state index is 5.94. The fraction of sp³-hybridized carbons (Fsp3) is 0.857. The van der Waals surface area contributed by atoms with Crippen molar-refractivity contribution in [1.82, 2.24) is 0 Å². The van der Waals surface area contributed by atoms with E-state index in [4.69, 9.17) is 13.9 Å². The van der Waals surface area contributed by atoms with Crippen LogP contribution < -0.4 is 0 Å². The van der Waals surface area contributed by atoms with E-state index in [0.717, 1.165) is 38.1 Å². The zero-order valence-corrected chi connectivity index (χ0v) is 13.8. The third-order valence-electron chi connectivity index (χ3n) is 2.72. The maximum absolute atomic E-state index is 5.94. The Morgan fingerprint density at radius 3 is 2.00 bits per heavy atom. The van der Waals surface area contributed by atoms with E-state index in [2.05, 4.69) is 27.4 Å². The van der Waals surface area contributed by atoms with Crippen molar-refractivity contribution < 1.29 is 13.9 Å². The van der Waals surface area contributed by atoms with Crippen LogP contribution in [0.1, 0.15) is 52.9 Å². The van der Waals surface area contributed by atoms with Crippen LogP contribution in [0.15, 0.2) is 12.7 Å². The molecule has 0 aromatic heterocycles. The zero-order valence-electron chi connectivity index (χ0n) is 12.4. The quantitative estimate of drug-likeness (QED) is 0.223. The van der Waals surface area contributed by atoms with Gasteiger partial charge in [-0.25, -0.2) is 0 Å². The zero-order chi connectivity index (χ0) is 13.7. The number of unbranched alkanes of at least 4 members (excludes halogenated alkanes) is 2. The fourth-order valence-corrected chi connectivity index (χ4v) is 2.44. The largest absolute Gasteiger partial charge is 0.376 e. The van der Waals surface area contributed by atoms with Crippen LogP contribution in [-0.2, 0) is 13.9 Å². The minimum Gasteiger partial charge on any atom is -0.376 e. The van der Waals surface area contributed by atoms with Crippen LogP contribution in [0.25, 0.3) is 0 Å². The smallest absolute Gasteiger partial charge is 0.272 e. The van der Waals surface area contributed by atoms with Crippen LogP contribution in [0.5, 0.6) is 0 Å². The lowest BCUT2D eigenvalue weighted by molar-refractivity contribution is -0.346. The van der Waals surface area contributed by atoms with Gasteiger partial charge in [0.15, 0.2) is 9.76 Å². The molecule has 0 aliphatic rings.